The first-order valence-electron chi connectivity index (χ1n) is 8.89. The van der Waals surface area contributed by atoms with Crippen LogP contribution >= 0.6 is 0 Å². The van der Waals surface area contributed by atoms with Crippen molar-refractivity contribution in [3.05, 3.63) is 65.5 Å². The smallest absolute Gasteiger partial charge is 0.191 e. The van der Waals surface area contributed by atoms with E-state index in [0.29, 0.717) is 12.5 Å². The van der Waals surface area contributed by atoms with Crippen molar-refractivity contribution in [2.24, 2.45) is 4.99 Å². The van der Waals surface area contributed by atoms with Crippen LogP contribution in [-0.2, 0) is 13.1 Å². The summed E-state index contributed by atoms with van der Waals surface area (Å²) in [5.74, 6) is 0.632. The van der Waals surface area contributed by atoms with Crippen LogP contribution in [0.3, 0.4) is 0 Å². The van der Waals surface area contributed by atoms with Crippen LogP contribution in [0.2, 0.25) is 0 Å². The van der Waals surface area contributed by atoms with Gasteiger partial charge >= 0.3 is 0 Å². The Balaban J connectivity index is 1.50. The molecule has 0 amide bonds. The number of rotatable bonds is 6. The molecule has 2 aromatic carbocycles. The third kappa shape index (κ3) is 4.61. The van der Waals surface area contributed by atoms with Crippen molar-refractivity contribution >= 4 is 17.0 Å². The van der Waals surface area contributed by atoms with Gasteiger partial charge in [-0.05, 0) is 43.7 Å². The van der Waals surface area contributed by atoms with Gasteiger partial charge in [-0.1, -0.05) is 12.1 Å². The van der Waals surface area contributed by atoms with Crippen LogP contribution < -0.4 is 10.6 Å². The number of aromatic nitrogens is 2. The van der Waals surface area contributed by atoms with E-state index in [1.54, 1.807) is 7.05 Å². The topological polar surface area (TPSA) is 54.2 Å². The van der Waals surface area contributed by atoms with E-state index < -0.39 is 11.6 Å². The van der Waals surface area contributed by atoms with Crippen LogP contribution in [0.15, 0.2) is 47.5 Å². The van der Waals surface area contributed by atoms with Gasteiger partial charge in [0.15, 0.2) is 5.96 Å². The summed E-state index contributed by atoms with van der Waals surface area (Å²) in [4.78, 5) is 8.68. The number of benzene rings is 2. The lowest BCUT2D eigenvalue weighted by molar-refractivity contribution is 0.580. The number of nitrogens with zero attached hydrogens (tertiary/aromatic N) is 3. The first-order chi connectivity index (χ1) is 13.1. The highest BCUT2D eigenvalue weighted by atomic mass is 19.1. The molecule has 0 saturated heterocycles. The Morgan fingerprint density at radius 3 is 2.78 bits per heavy atom. The van der Waals surface area contributed by atoms with Gasteiger partial charge in [-0.25, -0.2) is 13.8 Å². The van der Waals surface area contributed by atoms with Gasteiger partial charge in [0.05, 0.1) is 11.0 Å². The summed E-state index contributed by atoms with van der Waals surface area (Å²) in [5, 5.41) is 6.19. The van der Waals surface area contributed by atoms with Crippen LogP contribution in [0, 0.1) is 18.6 Å². The molecule has 0 aliphatic carbocycles. The van der Waals surface area contributed by atoms with E-state index in [1.807, 2.05) is 25.1 Å². The van der Waals surface area contributed by atoms with Gasteiger partial charge in [-0.15, -0.1) is 0 Å². The minimum atomic E-state index is -0.459. The van der Waals surface area contributed by atoms with Gasteiger partial charge in [-0.2, -0.15) is 0 Å². The number of hydrogen-bond acceptors (Lipinski definition) is 2. The molecule has 5 nitrogen and oxygen atoms in total. The molecule has 142 valence electrons. The maximum Gasteiger partial charge on any atom is 0.191 e. The normalized spacial score (nSPS) is 11.8. The Morgan fingerprint density at radius 1 is 1.15 bits per heavy atom. The lowest BCUT2D eigenvalue weighted by atomic mass is 10.2. The summed E-state index contributed by atoms with van der Waals surface area (Å²) >= 11 is 0. The second kappa shape index (κ2) is 8.62. The van der Waals surface area contributed by atoms with Crippen molar-refractivity contribution < 1.29 is 8.78 Å². The standard InChI is InChI=1S/C20H23F2N5/c1-14-26-18-6-3-4-7-19(18)27(14)11-5-10-24-20(23-2)25-13-15-12-16(21)8-9-17(15)22/h3-4,6-9,12H,5,10-11,13H2,1-2H3,(H2,23,24,25). The maximum absolute atomic E-state index is 13.7. The number of hydrogen-bond donors (Lipinski definition) is 2. The second-order valence-corrected chi connectivity index (χ2v) is 6.24. The Bertz CT molecular complexity index is 949. The highest BCUT2D eigenvalue weighted by Gasteiger charge is 2.07. The Hall–Kier alpha value is -2.96. The molecule has 0 aliphatic rings. The number of guanidine groups is 1. The number of nitrogens with one attached hydrogen (secondary N) is 2. The predicted molar refractivity (Wildman–Crippen MR) is 104 cm³/mol. The number of halogens is 2. The highest BCUT2D eigenvalue weighted by Crippen LogP contribution is 2.15. The number of aliphatic imine (C=N–C) groups is 1. The van der Waals surface area contributed by atoms with Crippen LogP contribution in [0.5, 0.6) is 0 Å². The molecule has 0 saturated carbocycles. The number of aryl methyl sites for hydroxylation is 2. The minimum Gasteiger partial charge on any atom is -0.356 e. The van der Waals surface area contributed by atoms with Gasteiger partial charge in [0.2, 0.25) is 0 Å². The SMILES string of the molecule is CN=C(NCCCn1c(C)nc2ccccc21)NCc1cc(F)ccc1F. The number of fused-ring (bicyclic) bond motifs is 1. The minimum absolute atomic E-state index is 0.161. The van der Waals surface area contributed by atoms with Crippen LogP contribution in [0.25, 0.3) is 11.0 Å². The average Bonchev–Trinajstić information content (AvgIpc) is 2.99. The van der Waals surface area contributed by atoms with Gasteiger partial charge in [0, 0.05) is 32.2 Å². The summed E-state index contributed by atoms with van der Waals surface area (Å²) < 4.78 is 29.1. The fourth-order valence-electron chi connectivity index (χ4n) is 3.00. The monoisotopic (exact) mass is 371 g/mol. The molecule has 0 fully saturated rings. The molecule has 0 unspecified atom stereocenters. The first kappa shape index (κ1) is 18.8. The van der Waals surface area contributed by atoms with E-state index in [0.717, 1.165) is 42.0 Å². The molecule has 1 heterocycles. The molecule has 7 heteroatoms. The molecule has 0 bridgehead atoms. The average molecular weight is 371 g/mol. The fraction of sp³-hybridized carbons (Fsp3) is 0.300. The second-order valence-electron chi connectivity index (χ2n) is 6.24. The number of imidazole rings is 1. The van der Waals surface area contributed by atoms with E-state index in [2.05, 4.69) is 31.2 Å². The molecule has 0 atom stereocenters. The van der Waals surface area contributed by atoms with Crippen molar-refractivity contribution in [3.8, 4) is 0 Å². The van der Waals surface area contributed by atoms with Crippen molar-refractivity contribution in [3.63, 3.8) is 0 Å². The summed E-state index contributed by atoms with van der Waals surface area (Å²) in [6.07, 6.45) is 0.871. The van der Waals surface area contributed by atoms with Gasteiger partial charge in [0.25, 0.3) is 0 Å². The summed E-state index contributed by atoms with van der Waals surface area (Å²) in [6.45, 7) is 3.68. The molecule has 2 N–H and O–H groups in total. The lowest BCUT2D eigenvalue weighted by Crippen LogP contribution is -2.37. The van der Waals surface area contributed by atoms with Crippen LogP contribution in [0.4, 0.5) is 8.78 Å². The van der Waals surface area contributed by atoms with Crippen LogP contribution in [-0.4, -0.2) is 29.1 Å². The first-order valence-corrected chi connectivity index (χ1v) is 8.89. The van der Waals surface area contributed by atoms with E-state index in [9.17, 15) is 8.78 Å². The molecule has 27 heavy (non-hydrogen) atoms. The largest absolute Gasteiger partial charge is 0.356 e. The third-order valence-corrected chi connectivity index (χ3v) is 4.37. The molecule has 0 aliphatic heterocycles. The van der Waals surface area contributed by atoms with E-state index in [4.69, 9.17) is 0 Å². The van der Waals surface area contributed by atoms with Crippen molar-refractivity contribution in [1.82, 2.24) is 20.2 Å². The number of para-hydroxylation sites is 2. The summed E-state index contributed by atoms with van der Waals surface area (Å²) in [7, 11) is 1.64. The zero-order chi connectivity index (χ0) is 19.2. The maximum atomic E-state index is 13.7. The fourth-order valence-corrected chi connectivity index (χ4v) is 3.00. The third-order valence-electron chi connectivity index (χ3n) is 4.37. The van der Waals surface area contributed by atoms with Gasteiger partial charge < -0.3 is 15.2 Å². The molecular weight excluding hydrogens is 348 g/mol. The zero-order valence-electron chi connectivity index (χ0n) is 15.5. The van der Waals surface area contributed by atoms with Gasteiger partial charge in [-0.3, -0.25) is 4.99 Å². The Kier molecular flexibility index (Phi) is 6.01. The van der Waals surface area contributed by atoms with Crippen molar-refractivity contribution in [2.75, 3.05) is 13.6 Å². The molecule has 1 aromatic heterocycles. The quantitative estimate of drug-likeness (QED) is 0.397. The Morgan fingerprint density at radius 2 is 1.96 bits per heavy atom. The highest BCUT2D eigenvalue weighted by molar-refractivity contribution is 5.79. The van der Waals surface area contributed by atoms with Crippen LogP contribution in [0.1, 0.15) is 17.8 Å². The van der Waals surface area contributed by atoms with Gasteiger partial charge in [0.1, 0.15) is 17.5 Å². The molecule has 3 rings (SSSR count). The molecular formula is C20H23F2N5. The van der Waals surface area contributed by atoms with E-state index >= 15 is 0 Å². The van der Waals surface area contributed by atoms with E-state index in [1.165, 1.54) is 6.07 Å². The van der Waals surface area contributed by atoms with E-state index in [-0.39, 0.29) is 12.1 Å². The summed E-state index contributed by atoms with van der Waals surface area (Å²) in [6, 6.07) is 11.5. The van der Waals surface area contributed by atoms with Crippen molar-refractivity contribution in [2.45, 2.75) is 26.4 Å². The molecule has 0 spiro atoms. The molecule has 3 aromatic rings. The molecule has 0 radical (unpaired) electrons. The lowest BCUT2D eigenvalue weighted by Gasteiger charge is -2.13. The zero-order valence-corrected chi connectivity index (χ0v) is 15.5. The Labute approximate surface area is 157 Å². The van der Waals surface area contributed by atoms with Crippen molar-refractivity contribution in [1.29, 1.82) is 0 Å². The predicted octanol–water partition coefficient (Wildman–Crippen LogP) is 3.38. The summed E-state index contributed by atoms with van der Waals surface area (Å²) in [5.41, 5.74) is 2.38.